The van der Waals surface area contributed by atoms with E-state index in [2.05, 4.69) is 53.6 Å². The summed E-state index contributed by atoms with van der Waals surface area (Å²) in [6.07, 6.45) is 1.99. The van der Waals surface area contributed by atoms with Crippen molar-refractivity contribution in [2.24, 2.45) is 0 Å². The highest BCUT2D eigenvalue weighted by molar-refractivity contribution is 5.15. The molecular weight excluding hydrogens is 262 g/mol. The van der Waals surface area contributed by atoms with Crippen LogP contribution in [0.5, 0.6) is 5.88 Å². The number of nitrogens with one attached hydrogen (secondary N) is 1. The van der Waals surface area contributed by atoms with Gasteiger partial charge in [0.25, 0.3) is 0 Å². The smallest absolute Gasteiger partial charge is 0.233 e. The van der Waals surface area contributed by atoms with Gasteiger partial charge in [-0.05, 0) is 24.5 Å². The molecule has 0 aliphatic carbocycles. The van der Waals surface area contributed by atoms with Crippen molar-refractivity contribution in [1.82, 2.24) is 15.5 Å². The molecule has 0 saturated carbocycles. The number of aromatic nitrogens is 2. The Morgan fingerprint density at radius 1 is 1.05 bits per heavy atom. The fourth-order valence-electron chi connectivity index (χ4n) is 1.93. The molecule has 112 valence electrons. The predicted octanol–water partition coefficient (Wildman–Crippen LogP) is 2.99. The van der Waals surface area contributed by atoms with Crippen LogP contribution in [-0.2, 0) is 13.0 Å². The van der Waals surface area contributed by atoms with Crippen LogP contribution >= 0.6 is 0 Å². The van der Waals surface area contributed by atoms with E-state index in [4.69, 9.17) is 4.74 Å². The third-order valence-electron chi connectivity index (χ3n) is 3.09. The first-order valence-corrected chi connectivity index (χ1v) is 7.47. The number of nitrogens with zero attached hydrogens (tertiary/aromatic N) is 2. The van der Waals surface area contributed by atoms with Crippen LogP contribution in [0.1, 0.15) is 31.5 Å². The molecule has 21 heavy (non-hydrogen) atoms. The fourth-order valence-corrected chi connectivity index (χ4v) is 1.93. The quantitative estimate of drug-likeness (QED) is 0.757. The maximum atomic E-state index is 5.61. The molecule has 0 spiro atoms. The van der Waals surface area contributed by atoms with Crippen molar-refractivity contribution in [2.75, 3.05) is 6.61 Å². The number of aryl methyl sites for hydroxylation is 1. The molecule has 1 N–H and O–H groups in total. The summed E-state index contributed by atoms with van der Waals surface area (Å²) in [5.41, 5.74) is 2.27. The van der Waals surface area contributed by atoms with Crippen LogP contribution in [0.3, 0.4) is 0 Å². The van der Waals surface area contributed by atoms with Crippen LogP contribution in [0, 0.1) is 0 Å². The molecule has 4 nitrogen and oxygen atoms in total. The number of hydrogen-bond acceptors (Lipinski definition) is 4. The van der Waals surface area contributed by atoms with E-state index in [-0.39, 0.29) is 0 Å². The lowest BCUT2D eigenvalue weighted by molar-refractivity contribution is 0.295. The van der Waals surface area contributed by atoms with Crippen molar-refractivity contribution in [3.63, 3.8) is 0 Å². The van der Waals surface area contributed by atoms with E-state index in [0.29, 0.717) is 18.5 Å². The minimum Gasteiger partial charge on any atom is -0.477 e. The summed E-state index contributed by atoms with van der Waals surface area (Å²) in [6, 6.07) is 14.7. The van der Waals surface area contributed by atoms with Crippen LogP contribution in [-0.4, -0.2) is 22.8 Å². The van der Waals surface area contributed by atoms with Crippen molar-refractivity contribution in [3.05, 3.63) is 53.7 Å². The van der Waals surface area contributed by atoms with Gasteiger partial charge in [0.1, 0.15) is 0 Å². The average Bonchev–Trinajstić information content (AvgIpc) is 2.52. The van der Waals surface area contributed by atoms with E-state index in [1.165, 1.54) is 5.56 Å². The monoisotopic (exact) mass is 285 g/mol. The molecule has 2 aromatic rings. The molecule has 4 heteroatoms. The Kier molecular flexibility index (Phi) is 6.16. The maximum Gasteiger partial charge on any atom is 0.233 e. The Morgan fingerprint density at radius 3 is 2.52 bits per heavy atom. The van der Waals surface area contributed by atoms with Crippen LogP contribution in [0.4, 0.5) is 0 Å². The van der Waals surface area contributed by atoms with Gasteiger partial charge in [0.15, 0.2) is 0 Å². The molecule has 0 aliphatic rings. The number of ether oxygens (including phenoxy) is 1. The zero-order valence-electron chi connectivity index (χ0n) is 12.7. The third-order valence-corrected chi connectivity index (χ3v) is 3.09. The molecule has 0 saturated heterocycles. The van der Waals surface area contributed by atoms with E-state index in [1.807, 2.05) is 18.2 Å². The highest BCUT2D eigenvalue weighted by Crippen LogP contribution is 2.07. The van der Waals surface area contributed by atoms with Crippen molar-refractivity contribution in [2.45, 2.75) is 39.3 Å². The molecule has 0 amide bonds. The standard InChI is InChI=1S/C17H23N3O/c1-14(2)18-13-16-10-11-17(20-19-16)21-12-6-9-15-7-4-3-5-8-15/h3-5,7-8,10-11,14,18H,6,9,12-13H2,1-2H3. The van der Waals surface area contributed by atoms with Gasteiger partial charge in [-0.3, -0.25) is 0 Å². The SMILES string of the molecule is CC(C)NCc1ccc(OCCCc2ccccc2)nn1. The molecule has 0 aliphatic heterocycles. The van der Waals surface area contributed by atoms with E-state index >= 15 is 0 Å². The van der Waals surface area contributed by atoms with Crippen LogP contribution in [0.25, 0.3) is 0 Å². The first kappa shape index (κ1) is 15.4. The van der Waals surface area contributed by atoms with Gasteiger partial charge in [0, 0.05) is 18.7 Å². The van der Waals surface area contributed by atoms with Crippen molar-refractivity contribution >= 4 is 0 Å². The minimum atomic E-state index is 0.445. The van der Waals surface area contributed by atoms with Gasteiger partial charge in [0.2, 0.25) is 5.88 Å². The summed E-state index contributed by atoms with van der Waals surface area (Å²) in [5.74, 6) is 0.594. The van der Waals surface area contributed by atoms with Gasteiger partial charge in [-0.2, -0.15) is 5.10 Å². The lowest BCUT2D eigenvalue weighted by Gasteiger charge is -2.08. The molecule has 1 aromatic heterocycles. The summed E-state index contributed by atoms with van der Waals surface area (Å²) < 4.78 is 5.61. The van der Waals surface area contributed by atoms with Crippen LogP contribution in [0.2, 0.25) is 0 Å². The second kappa shape index (κ2) is 8.37. The fraction of sp³-hybridized carbons (Fsp3) is 0.412. The zero-order valence-corrected chi connectivity index (χ0v) is 12.7. The van der Waals surface area contributed by atoms with E-state index in [1.54, 1.807) is 0 Å². The second-order valence-electron chi connectivity index (χ2n) is 5.34. The molecule has 2 rings (SSSR count). The van der Waals surface area contributed by atoms with E-state index < -0.39 is 0 Å². The number of rotatable bonds is 8. The summed E-state index contributed by atoms with van der Waals surface area (Å²) in [7, 11) is 0. The minimum absolute atomic E-state index is 0.445. The topological polar surface area (TPSA) is 47.0 Å². The summed E-state index contributed by atoms with van der Waals surface area (Å²) >= 11 is 0. The Hall–Kier alpha value is -1.94. The highest BCUT2D eigenvalue weighted by Gasteiger charge is 2.00. The average molecular weight is 285 g/mol. The molecule has 0 fully saturated rings. The highest BCUT2D eigenvalue weighted by atomic mass is 16.5. The van der Waals surface area contributed by atoms with Gasteiger partial charge in [-0.25, -0.2) is 0 Å². The van der Waals surface area contributed by atoms with Crippen LogP contribution in [0.15, 0.2) is 42.5 Å². The molecular formula is C17H23N3O. The van der Waals surface area contributed by atoms with Gasteiger partial charge in [-0.15, -0.1) is 5.10 Å². The van der Waals surface area contributed by atoms with Crippen molar-refractivity contribution < 1.29 is 4.74 Å². The molecule has 0 bridgehead atoms. The van der Waals surface area contributed by atoms with E-state index in [9.17, 15) is 0 Å². The number of hydrogen-bond donors (Lipinski definition) is 1. The van der Waals surface area contributed by atoms with Gasteiger partial charge >= 0.3 is 0 Å². The third kappa shape index (κ3) is 5.92. The Morgan fingerprint density at radius 2 is 1.86 bits per heavy atom. The first-order chi connectivity index (χ1) is 10.2. The van der Waals surface area contributed by atoms with Crippen LogP contribution < -0.4 is 10.1 Å². The Labute approximate surface area is 126 Å². The Bertz CT molecular complexity index is 511. The largest absolute Gasteiger partial charge is 0.477 e. The summed E-state index contributed by atoms with van der Waals surface area (Å²) in [4.78, 5) is 0. The van der Waals surface area contributed by atoms with Gasteiger partial charge in [-0.1, -0.05) is 44.2 Å². The first-order valence-electron chi connectivity index (χ1n) is 7.47. The lowest BCUT2D eigenvalue weighted by Crippen LogP contribution is -2.22. The second-order valence-corrected chi connectivity index (χ2v) is 5.34. The molecule has 1 heterocycles. The van der Waals surface area contributed by atoms with Crippen molar-refractivity contribution in [1.29, 1.82) is 0 Å². The lowest BCUT2D eigenvalue weighted by atomic mass is 10.1. The predicted molar refractivity (Wildman–Crippen MR) is 84.3 cm³/mol. The number of benzene rings is 1. The maximum absolute atomic E-state index is 5.61. The summed E-state index contributed by atoms with van der Waals surface area (Å²) in [6.45, 7) is 5.61. The zero-order chi connectivity index (χ0) is 14.9. The van der Waals surface area contributed by atoms with Gasteiger partial charge < -0.3 is 10.1 Å². The Balaban J connectivity index is 1.69. The van der Waals surface area contributed by atoms with Gasteiger partial charge in [0.05, 0.1) is 12.3 Å². The van der Waals surface area contributed by atoms with Crippen molar-refractivity contribution in [3.8, 4) is 5.88 Å². The summed E-state index contributed by atoms with van der Waals surface area (Å²) in [5, 5.41) is 11.5. The molecule has 0 atom stereocenters. The molecule has 1 aromatic carbocycles. The van der Waals surface area contributed by atoms with E-state index in [0.717, 1.165) is 25.1 Å². The normalized spacial score (nSPS) is 10.8. The molecule has 0 radical (unpaired) electrons. The molecule has 0 unspecified atom stereocenters.